The quantitative estimate of drug-likeness (QED) is 0.785. The number of hydrogen-bond donors (Lipinski definition) is 0. The highest BCUT2D eigenvalue weighted by atomic mass is 19.1. The second-order valence-electron chi connectivity index (χ2n) is 4.63. The maximum absolute atomic E-state index is 13.7. The lowest BCUT2D eigenvalue weighted by molar-refractivity contribution is 0.0827. The second kappa shape index (κ2) is 5.80. The van der Waals surface area contributed by atoms with Gasteiger partial charge in [-0.05, 0) is 36.1 Å². The Morgan fingerprint density at radius 1 is 1.41 bits per heavy atom. The predicted molar refractivity (Wildman–Crippen MR) is 67.7 cm³/mol. The lowest BCUT2D eigenvalue weighted by Crippen LogP contribution is -2.22. The summed E-state index contributed by atoms with van der Waals surface area (Å²) in [4.78, 5) is 13.3. The smallest absolute Gasteiger partial charge is 0.253 e. The Kier molecular flexibility index (Phi) is 4.67. The summed E-state index contributed by atoms with van der Waals surface area (Å²) in [6.45, 7) is 4.06. The summed E-state index contributed by atoms with van der Waals surface area (Å²) in [6.07, 6.45) is 1.93. The average Bonchev–Trinajstić information content (AvgIpc) is 2.28. The van der Waals surface area contributed by atoms with E-state index in [1.165, 1.54) is 11.0 Å². The molecule has 1 atom stereocenters. The van der Waals surface area contributed by atoms with E-state index in [0.717, 1.165) is 12.8 Å². The minimum atomic E-state index is -0.221. The Morgan fingerprint density at radius 3 is 2.59 bits per heavy atom. The van der Waals surface area contributed by atoms with E-state index in [2.05, 4.69) is 6.92 Å². The summed E-state index contributed by atoms with van der Waals surface area (Å²) in [5.41, 5.74) is 1.19. The minimum Gasteiger partial charge on any atom is -0.345 e. The summed E-state index contributed by atoms with van der Waals surface area (Å²) >= 11 is 0. The molecule has 0 aliphatic heterocycles. The largest absolute Gasteiger partial charge is 0.345 e. The molecule has 1 unspecified atom stereocenters. The monoisotopic (exact) mass is 237 g/mol. The van der Waals surface area contributed by atoms with Gasteiger partial charge >= 0.3 is 0 Å². The number of amides is 1. The summed E-state index contributed by atoms with van der Waals surface area (Å²) in [5.74, 6) is -0.161. The van der Waals surface area contributed by atoms with E-state index in [4.69, 9.17) is 0 Å². The number of benzene rings is 1. The predicted octanol–water partition coefficient (Wildman–Crippen LogP) is 3.43. The number of nitrogens with zero attached hydrogens (tertiary/aromatic N) is 1. The van der Waals surface area contributed by atoms with Gasteiger partial charge in [0.05, 0.1) is 0 Å². The highest BCUT2D eigenvalue weighted by molar-refractivity contribution is 5.94. The van der Waals surface area contributed by atoms with Crippen molar-refractivity contribution in [1.82, 2.24) is 4.90 Å². The summed E-state index contributed by atoms with van der Waals surface area (Å²) < 4.78 is 13.7. The van der Waals surface area contributed by atoms with Crippen molar-refractivity contribution in [2.24, 2.45) is 0 Å². The molecule has 1 aromatic rings. The standard InChI is InChI=1S/C14H20FNO/c1-5-6-10(2)12-9-11(7-8-13(12)15)14(17)16(3)4/h7-10H,5-6H2,1-4H3. The molecule has 17 heavy (non-hydrogen) atoms. The Labute approximate surface area is 102 Å². The molecule has 94 valence electrons. The summed E-state index contributed by atoms with van der Waals surface area (Å²) in [7, 11) is 3.39. The molecule has 0 heterocycles. The van der Waals surface area contributed by atoms with Crippen LogP contribution in [-0.2, 0) is 0 Å². The van der Waals surface area contributed by atoms with Gasteiger partial charge in [0.2, 0.25) is 0 Å². The zero-order valence-corrected chi connectivity index (χ0v) is 11.0. The van der Waals surface area contributed by atoms with E-state index < -0.39 is 0 Å². The van der Waals surface area contributed by atoms with E-state index in [1.54, 1.807) is 26.2 Å². The Morgan fingerprint density at radius 2 is 2.06 bits per heavy atom. The zero-order chi connectivity index (χ0) is 13.0. The van der Waals surface area contributed by atoms with Crippen molar-refractivity contribution in [3.05, 3.63) is 35.1 Å². The van der Waals surface area contributed by atoms with Gasteiger partial charge in [-0.25, -0.2) is 4.39 Å². The van der Waals surface area contributed by atoms with Crippen LogP contribution in [0.25, 0.3) is 0 Å². The number of rotatable bonds is 4. The number of carbonyl (C=O) groups is 1. The first-order valence-corrected chi connectivity index (χ1v) is 5.98. The third-order valence-electron chi connectivity index (χ3n) is 2.90. The molecule has 0 fully saturated rings. The normalized spacial score (nSPS) is 12.3. The highest BCUT2D eigenvalue weighted by Gasteiger charge is 2.14. The first kappa shape index (κ1) is 13.7. The molecule has 0 aliphatic rings. The van der Waals surface area contributed by atoms with E-state index in [0.29, 0.717) is 11.1 Å². The lowest BCUT2D eigenvalue weighted by Gasteiger charge is -2.15. The van der Waals surface area contributed by atoms with Crippen LogP contribution in [0.5, 0.6) is 0 Å². The number of halogens is 1. The maximum Gasteiger partial charge on any atom is 0.253 e. The van der Waals surface area contributed by atoms with E-state index in [-0.39, 0.29) is 17.6 Å². The Hall–Kier alpha value is -1.38. The SMILES string of the molecule is CCCC(C)c1cc(C(=O)N(C)C)ccc1F. The van der Waals surface area contributed by atoms with Crippen LogP contribution in [0.1, 0.15) is 48.5 Å². The molecule has 1 rings (SSSR count). The van der Waals surface area contributed by atoms with Crippen molar-refractivity contribution >= 4 is 5.91 Å². The zero-order valence-electron chi connectivity index (χ0n) is 11.0. The summed E-state index contributed by atoms with van der Waals surface area (Å²) in [5, 5.41) is 0. The fourth-order valence-corrected chi connectivity index (χ4v) is 1.90. The first-order chi connectivity index (χ1) is 7.97. The summed E-state index contributed by atoms with van der Waals surface area (Å²) in [6, 6.07) is 4.61. The van der Waals surface area contributed by atoms with Crippen molar-refractivity contribution in [2.75, 3.05) is 14.1 Å². The van der Waals surface area contributed by atoms with Crippen LogP contribution in [0.2, 0.25) is 0 Å². The molecule has 1 aromatic carbocycles. The first-order valence-electron chi connectivity index (χ1n) is 5.98. The van der Waals surface area contributed by atoms with Crippen LogP contribution in [0, 0.1) is 5.82 Å². The van der Waals surface area contributed by atoms with Crippen molar-refractivity contribution in [2.45, 2.75) is 32.6 Å². The molecule has 0 radical (unpaired) electrons. The molecule has 0 bridgehead atoms. The molecular weight excluding hydrogens is 217 g/mol. The average molecular weight is 237 g/mol. The molecular formula is C14H20FNO. The van der Waals surface area contributed by atoms with Gasteiger partial charge < -0.3 is 4.90 Å². The Balaban J connectivity index is 3.06. The van der Waals surface area contributed by atoms with Crippen LogP contribution in [0.15, 0.2) is 18.2 Å². The number of hydrogen-bond acceptors (Lipinski definition) is 1. The van der Waals surface area contributed by atoms with Gasteiger partial charge in [-0.1, -0.05) is 20.3 Å². The third kappa shape index (κ3) is 3.29. The van der Waals surface area contributed by atoms with E-state index in [9.17, 15) is 9.18 Å². The van der Waals surface area contributed by atoms with Crippen molar-refractivity contribution in [1.29, 1.82) is 0 Å². The van der Waals surface area contributed by atoms with Crippen LogP contribution < -0.4 is 0 Å². The van der Waals surface area contributed by atoms with Crippen LogP contribution in [0.4, 0.5) is 4.39 Å². The molecule has 0 aliphatic carbocycles. The second-order valence-corrected chi connectivity index (χ2v) is 4.63. The molecule has 0 spiro atoms. The van der Waals surface area contributed by atoms with Crippen LogP contribution >= 0.6 is 0 Å². The van der Waals surface area contributed by atoms with Gasteiger partial charge in [-0.2, -0.15) is 0 Å². The molecule has 0 N–H and O–H groups in total. The van der Waals surface area contributed by atoms with Gasteiger partial charge in [0.25, 0.3) is 5.91 Å². The molecule has 2 nitrogen and oxygen atoms in total. The van der Waals surface area contributed by atoms with Gasteiger partial charge in [-0.3, -0.25) is 4.79 Å². The fraction of sp³-hybridized carbons (Fsp3) is 0.500. The van der Waals surface area contributed by atoms with Crippen LogP contribution in [0.3, 0.4) is 0 Å². The third-order valence-corrected chi connectivity index (χ3v) is 2.90. The minimum absolute atomic E-state index is 0.0880. The molecule has 0 aromatic heterocycles. The van der Waals surface area contributed by atoms with Gasteiger partial charge in [-0.15, -0.1) is 0 Å². The topological polar surface area (TPSA) is 20.3 Å². The van der Waals surface area contributed by atoms with Gasteiger partial charge in [0.1, 0.15) is 5.82 Å². The van der Waals surface area contributed by atoms with Crippen molar-refractivity contribution < 1.29 is 9.18 Å². The Bertz CT molecular complexity index is 401. The number of carbonyl (C=O) groups excluding carboxylic acids is 1. The molecule has 3 heteroatoms. The highest BCUT2D eigenvalue weighted by Crippen LogP contribution is 2.24. The molecule has 0 saturated carbocycles. The fourth-order valence-electron chi connectivity index (χ4n) is 1.90. The van der Waals surface area contributed by atoms with Gasteiger partial charge in [0, 0.05) is 19.7 Å². The van der Waals surface area contributed by atoms with E-state index in [1.807, 2.05) is 6.92 Å². The van der Waals surface area contributed by atoms with Crippen molar-refractivity contribution in [3.8, 4) is 0 Å². The van der Waals surface area contributed by atoms with Gasteiger partial charge in [0.15, 0.2) is 0 Å². The lowest BCUT2D eigenvalue weighted by atomic mass is 9.94. The van der Waals surface area contributed by atoms with Crippen molar-refractivity contribution in [3.63, 3.8) is 0 Å². The molecule has 0 saturated heterocycles. The molecule has 1 amide bonds. The van der Waals surface area contributed by atoms with Crippen LogP contribution in [-0.4, -0.2) is 24.9 Å². The van der Waals surface area contributed by atoms with E-state index >= 15 is 0 Å². The maximum atomic E-state index is 13.7.